The van der Waals surface area contributed by atoms with E-state index in [0.29, 0.717) is 6.42 Å². The van der Waals surface area contributed by atoms with E-state index in [4.69, 9.17) is 5.73 Å². The number of hydrogen-bond donors (Lipinski definition) is 2. The van der Waals surface area contributed by atoms with Gasteiger partial charge < -0.3 is 5.73 Å². The first kappa shape index (κ1) is 15.1. The molecule has 0 spiro atoms. The molecule has 0 aromatic heterocycles. The number of rotatable bonds is 9. The number of imide groups is 1. The van der Waals surface area contributed by atoms with Crippen LogP contribution in [0.1, 0.15) is 58.3 Å². The van der Waals surface area contributed by atoms with Gasteiger partial charge in [0.1, 0.15) is 0 Å². The van der Waals surface area contributed by atoms with Crippen LogP contribution in [0.15, 0.2) is 0 Å². The molecule has 0 aliphatic heterocycles. The van der Waals surface area contributed by atoms with Gasteiger partial charge in [0, 0.05) is 6.42 Å². The van der Waals surface area contributed by atoms with Gasteiger partial charge in [-0.3, -0.25) is 14.9 Å². The van der Waals surface area contributed by atoms with E-state index in [1.165, 1.54) is 32.1 Å². The van der Waals surface area contributed by atoms with E-state index in [0.717, 1.165) is 12.8 Å². The van der Waals surface area contributed by atoms with Crippen LogP contribution in [0.2, 0.25) is 0 Å². The van der Waals surface area contributed by atoms with Crippen LogP contribution >= 0.6 is 0 Å². The smallest absolute Gasteiger partial charge is 0.240 e. The van der Waals surface area contributed by atoms with Crippen molar-refractivity contribution in [2.24, 2.45) is 5.73 Å². The summed E-state index contributed by atoms with van der Waals surface area (Å²) in [6.45, 7) is 2.07. The maximum Gasteiger partial charge on any atom is 0.240 e. The van der Waals surface area contributed by atoms with Gasteiger partial charge in [0.25, 0.3) is 0 Å². The summed E-state index contributed by atoms with van der Waals surface area (Å²) in [5.41, 5.74) is 5.08. The van der Waals surface area contributed by atoms with E-state index in [-0.39, 0.29) is 12.5 Å². The molecule has 0 aromatic rings. The normalized spacial score (nSPS) is 10.1. The molecule has 0 fully saturated rings. The van der Waals surface area contributed by atoms with Gasteiger partial charge in [0.15, 0.2) is 0 Å². The lowest BCUT2D eigenvalue weighted by Crippen LogP contribution is -2.35. The summed E-state index contributed by atoms with van der Waals surface area (Å²) in [6, 6.07) is 0. The zero-order chi connectivity index (χ0) is 12.2. The summed E-state index contributed by atoms with van der Waals surface area (Å²) in [6.07, 6.45) is 8.61. The molecule has 0 radical (unpaired) electrons. The van der Waals surface area contributed by atoms with Crippen molar-refractivity contribution in [3.05, 3.63) is 0 Å². The number of nitrogens with two attached hydrogens (primary N) is 1. The third kappa shape index (κ3) is 9.65. The first-order valence-corrected chi connectivity index (χ1v) is 6.23. The highest BCUT2D eigenvalue weighted by Crippen LogP contribution is 2.08. The third-order valence-electron chi connectivity index (χ3n) is 2.47. The van der Waals surface area contributed by atoms with Crippen molar-refractivity contribution < 1.29 is 9.59 Å². The molecule has 3 N–H and O–H groups in total. The molecule has 94 valence electrons. The van der Waals surface area contributed by atoms with Crippen molar-refractivity contribution in [1.82, 2.24) is 5.32 Å². The summed E-state index contributed by atoms with van der Waals surface area (Å²) in [4.78, 5) is 21.9. The molecule has 0 aromatic carbocycles. The predicted octanol–water partition coefficient (Wildman–Crippen LogP) is 1.73. The van der Waals surface area contributed by atoms with Crippen LogP contribution in [0.25, 0.3) is 0 Å². The van der Waals surface area contributed by atoms with E-state index >= 15 is 0 Å². The Morgan fingerprint density at radius 1 is 0.938 bits per heavy atom. The Balaban J connectivity index is 3.24. The molecule has 0 unspecified atom stereocenters. The standard InChI is InChI=1S/C12H24N2O2/c1-2-3-4-5-6-7-8-9-11(15)14-12(16)10-13/h2-10,13H2,1H3,(H,14,15,16). The second kappa shape index (κ2) is 10.6. The molecule has 0 rings (SSSR count). The fraction of sp³-hybridized carbons (Fsp3) is 0.833. The zero-order valence-electron chi connectivity index (χ0n) is 10.3. The van der Waals surface area contributed by atoms with Crippen LogP contribution in [-0.2, 0) is 9.59 Å². The Hall–Kier alpha value is -0.900. The fourth-order valence-corrected chi connectivity index (χ4v) is 1.51. The maximum absolute atomic E-state index is 11.2. The SMILES string of the molecule is CCCCCCCCCC(=O)NC(=O)CN. The highest BCUT2D eigenvalue weighted by Gasteiger charge is 2.04. The maximum atomic E-state index is 11.2. The minimum atomic E-state index is -0.395. The Bertz CT molecular complexity index is 205. The number of carbonyl (C=O) groups is 2. The minimum absolute atomic E-state index is 0.122. The highest BCUT2D eigenvalue weighted by molar-refractivity contribution is 5.95. The molecule has 0 aliphatic rings. The highest BCUT2D eigenvalue weighted by atomic mass is 16.2. The van der Waals surface area contributed by atoms with Crippen LogP contribution in [0.5, 0.6) is 0 Å². The van der Waals surface area contributed by atoms with E-state index < -0.39 is 5.91 Å². The van der Waals surface area contributed by atoms with Crippen LogP contribution < -0.4 is 11.1 Å². The molecule has 16 heavy (non-hydrogen) atoms. The summed E-state index contributed by atoms with van der Waals surface area (Å²) < 4.78 is 0. The number of nitrogens with one attached hydrogen (secondary N) is 1. The predicted molar refractivity (Wildman–Crippen MR) is 64.8 cm³/mol. The summed E-state index contributed by atoms with van der Waals surface area (Å²) >= 11 is 0. The first-order chi connectivity index (χ1) is 7.70. The molecule has 2 amide bonds. The Morgan fingerprint density at radius 2 is 1.50 bits per heavy atom. The number of hydrogen-bond acceptors (Lipinski definition) is 3. The summed E-state index contributed by atoms with van der Waals surface area (Å²) in [5, 5.41) is 2.24. The average Bonchev–Trinajstić information content (AvgIpc) is 2.27. The topological polar surface area (TPSA) is 72.2 Å². The molecule has 0 atom stereocenters. The molecular weight excluding hydrogens is 204 g/mol. The number of unbranched alkanes of at least 4 members (excludes halogenated alkanes) is 6. The van der Waals surface area contributed by atoms with Crippen molar-refractivity contribution >= 4 is 11.8 Å². The number of amides is 2. The Morgan fingerprint density at radius 3 is 2.06 bits per heavy atom. The summed E-state index contributed by atoms with van der Waals surface area (Å²) in [5.74, 6) is -0.600. The van der Waals surface area contributed by atoms with Crippen molar-refractivity contribution in [3.8, 4) is 0 Å². The molecule has 4 heteroatoms. The van der Waals surface area contributed by atoms with Gasteiger partial charge in [-0.05, 0) is 6.42 Å². The van der Waals surface area contributed by atoms with E-state index in [1.807, 2.05) is 0 Å². The van der Waals surface area contributed by atoms with Gasteiger partial charge in [-0.15, -0.1) is 0 Å². The van der Waals surface area contributed by atoms with Crippen LogP contribution in [0, 0.1) is 0 Å². The largest absolute Gasteiger partial charge is 0.322 e. The minimum Gasteiger partial charge on any atom is -0.322 e. The first-order valence-electron chi connectivity index (χ1n) is 6.23. The van der Waals surface area contributed by atoms with Gasteiger partial charge in [0.2, 0.25) is 11.8 Å². The molecule has 0 saturated heterocycles. The van der Waals surface area contributed by atoms with Gasteiger partial charge in [-0.25, -0.2) is 0 Å². The quantitative estimate of drug-likeness (QED) is 0.590. The molecule has 0 aliphatic carbocycles. The molecule has 0 saturated carbocycles. The van der Waals surface area contributed by atoms with E-state index in [2.05, 4.69) is 12.2 Å². The van der Waals surface area contributed by atoms with Crippen molar-refractivity contribution in [3.63, 3.8) is 0 Å². The number of carbonyl (C=O) groups excluding carboxylic acids is 2. The lowest BCUT2D eigenvalue weighted by atomic mass is 10.1. The van der Waals surface area contributed by atoms with E-state index in [9.17, 15) is 9.59 Å². The molecule has 0 heterocycles. The van der Waals surface area contributed by atoms with Crippen molar-refractivity contribution in [1.29, 1.82) is 0 Å². The van der Waals surface area contributed by atoms with Crippen molar-refractivity contribution in [2.75, 3.05) is 6.54 Å². The van der Waals surface area contributed by atoms with E-state index in [1.54, 1.807) is 0 Å². The lowest BCUT2D eigenvalue weighted by molar-refractivity contribution is -0.129. The second-order valence-corrected chi connectivity index (χ2v) is 4.05. The summed E-state index contributed by atoms with van der Waals surface area (Å²) in [7, 11) is 0. The average molecular weight is 228 g/mol. The zero-order valence-corrected chi connectivity index (χ0v) is 10.3. The van der Waals surface area contributed by atoms with Crippen LogP contribution in [0.3, 0.4) is 0 Å². The molecular formula is C12H24N2O2. The van der Waals surface area contributed by atoms with Gasteiger partial charge >= 0.3 is 0 Å². The second-order valence-electron chi connectivity index (χ2n) is 4.05. The van der Waals surface area contributed by atoms with Gasteiger partial charge in [0.05, 0.1) is 6.54 Å². The molecule has 0 bridgehead atoms. The van der Waals surface area contributed by atoms with Gasteiger partial charge in [-0.2, -0.15) is 0 Å². The molecule has 4 nitrogen and oxygen atoms in total. The lowest BCUT2D eigenvalue weighted by Gasteiger charge is -2.02. The monoisotopic (exact) mass is 228 g/mol. The van der Waals surface area contributed by atoms with Gasteiger partial charge in [-0.1, -0.05) is 45.4 Å². The van der Waals surface area contributed by atoms with Crippen LogP contribution in [0.4, 0.5) is 0 Å². The van der Waals surface area contributed by atoms with Crippen LogP contribution in [-0.4, -0.2) is 18.4 Å². The Kier molecular flexibility index (Phi) is 10.0. The third-order valence-corrected chi connectivity index (χ3v) is 2.47. The van der Waals surface area contributed by atoms with Crippen molar-refractivity contribution in [2.45, 2.75) is 58.3 Å². The Labute approximate surface area is 98.0 Å². The fourth-order valence-electron chi connectivity index (χ4n) is 1.51.